The van der Waals surface area contributed by atoms with Crippen molar-refractivity contribution in [3.63, 3.8) is 0 Å². The van der Waals surface area contributed by atoms with Crippen molar-refractivity contribution in [2.45, 2.75) is 25.5 Å². The van der Waals surface area contributed by atoms with E-state index in [4.69, 9.17) is 9.47 Å². The third-order valence-electron chi connectivity index (χ3n) is 2.67. The Labute approximate surface area is 97.0 Å². The number of aromatic nitrogens is 1. The highest BCUT2D eigenvalue weighted by atomic mass is 16.5. The molecule has 4 nitrogen and oxygen atoms in total. The first-order chi connectivity index (χ1) is 7.72. The standard InChI is InChI=1S/C12H20N2O2/c1-9(15-3)8-10(13-2)12-11(16-4)6-5-7-14-12/h5-7,9-10,13H,8H2,1-4H3. The van der Waals surface area contributed by atoms with Crippen molar-refractivity contribution in [2.24, 2.45) is 0 Å². The summed E-state index contributed by atoms with van der Waals surface area (Å²) in [4.78, 5) is 4.36. The Morgan fingerprint density at radius 2 is 2.19 bits per heavy atom. The Hall–Kier alpha value is -1.13. The Morgan fingerprint density at radius 3 is 2.75 bits per heavy atom. The summed E-state index contributed by atoms with van der Waals surface area (Å²) in [7, 11) is 5.29. The van der Waals surface area contributed by atoms with E-state index in [9.17, 15) is 0 Å². The van der Waals surface area contributed by atoms with Crippen LogP contribution in [-0.4, -0.2) is 32.4 Å². The van der Waals surface area contributed by atoms with Crippen LogP contribution in [-0.2, 0) is 4.74 Å². The van der Waals surface area contributed by atoms with Crippen molar-refractivity contribution in [1.29, 1.82) is 0 Å². The lowest BCUT2D eigenvalue weighted by molar-refractivity contribution is 0.100. The van der Waals surface area contributed by atoms with Gasteiger partial charge in [-0.25, -0.2) is 0 Å². The van der Waals surface area contributed by atoms with E-state index in [0.29, 0.717) is 0 Å². The quantitative estimate of drug-likeness (QED) is 0.800. The fraction of sp³-hybridized carbons (Fsp3) is 0.583. The van der Waals surface area contributed by atoms with Crippen LogP contribution in [0.1, 0.15) is 25.1 Å². The summed E-state index contributed by atoms with van der Waals surface area (Å²) >= 11 is 0. The first-order valence-electron chi connectivity index (χ1n) is 5.41. The topological polar surface area (TPSA) is 43.4 Å². The molecule has 0 spiro atoms. The van der Waals surface area contributed by atoms with Crippen molar-refractivity contribution in [2.75, 3.05) is 21.3 Å². The molecule has 0 saturated heterocycles. The SMILES string of the molecule is CNC(CC(C)OC)c1ncccc1OC. The molecule has 0 amide bonds. The third-order valence-corrected chi connectivity index (χ3v) is 2.67. The number of hydrogen-bond acceptors (Lipinski definition) is 4. The second-order valence-corrected chi connectivity index (χ2v) is 3.71. The summed E-state index contributed by atoms with van der Waals surface area (Å²) in [6.07, 6.45) is 2.82. The molecule has 0 aromatic carbocycles. The fourth-order valence-electron chi connectivity index (χ4n) is 1.63. The highest BCUT2D eigenvalue weighted by molar-refractivity contribution is 5.29. The van der Waals surface area contributed by atoms with E-state index in [1.54, 1.807) is 20.4 Å². The van der Waals surface area contributed by atoms with Crippen molar-refractivity contribution in [3.05, 3.63) is 24.0 Å². The van der Waals surface area contributed by atoms with Gasteiger partial charge in [-0.3, -0.25) is 4.98 Å². The summed E-state index contributed by atoms with van der Waals surface area (Å²) < 4.78 is 10.6. The monoisotopic (exact) mass is 224 g/mol. The molecule has 0 saturated carbocycles. The third kappa shape index (κ3) is 3.18. The van der Waals surface area contributed by atoms with Crippen LogP contribution in [0.2, 0.25) is 0 Å². The first-order valence-corrected chi connectivity index (χ1v) is 5.41. The second-order valence-electron chi connectivity index (χ2n) is 3.71. The lowest BCUT2D eigenvalue weighted by Crippen LogP contribution is -2.23. The van der Waals surface area contributed by atoms with Crippen molar-refractivity contribution in [3.8, 4) is 5.75 Å². The molecule has 0 aliphatic rings. The maximum atomic E-state index is 5.30. The van der Waals surface area contributed by atoms with Gasteiger partial charge in [-0.1, -0.05) is 0 Å². The zero-order valence-electron chi connectivity index (χ0n) is 10.4. The number of nitrogens with one attached hydrogen (secondary N) is 1. The highest BCUT2D eigenvalue weighted by Gasteiger charge is 2.18. The fourth-order valence-corrected chi connectivity index (χ4v) is 1.63. The van der Waals surface area contributed by atoms with Gasteiger partial charge in [0.05, 0.1) is 24.9 Å². The minimum atomic E-state index is 0.145. The van der Waals surface area contributed by atoms with E-state index in [1.807, 2.05) is 26.1 Å². The van der Waals surface area contributed by atoms with Crippen LogP contribution in [0.25, 0.3) is 0 Å². The van der Waals surface area contributed by atoms with Crippen molar-refractivity contribution in [1.82, 2.24) is 10.3 Å². The predicted octanol–water partition coefficient (Wildman–Crippen LogP) is 1.78. The van der Waals surface area contributed by atoms with Gasteiger partial charge in [0.25, 0.3) is 0 Å². The molecule has 1 N–H and O–H groups in total. The average Bonchev–Trinajstić information content (AvgIpc) is 2.35. The Morgan fingerprint density at radius 1 is 1.44 bits per heavy atom. The molecule has 1 aromatic rings. The molecule has 1 rings (SSSR count). The lowest BCUT2D eigenvalue weighted by atomic mass is 10.1. The molecule has 1 aromatic heterocycles. The molecule has 1 heterocycles. The molecule has 4 heteroatoms. The van der Waals surface area contributed by atoms with E-state index >= 15 is 0 Å². The number of nitrogens with zero attached hydrogens (tertiary/aromatic N) is 1. The molecular weight excluding hydrogens is 204 g/mol. The largest absolute Gasteiger partial charge is 0.495 e. The lowest BCUT2D eigenvalue weighted by Gasteiger charge is -2.20. The van der Waals surface area contributed by atoms with Crippen molar-refractivity contribution < 1.29 is 9.47 Å². The Kier molecular flexibility index (Phi) is 5.22. The van der Waals surface area contributed by atoms with Crippen LogP contribution in [0.4, 0.5) is 0 Å². The summed E-state index contributed by atoms with van der Waals surface area (Å²) in [5.41, 5.74) is 0.927. The number of pyridine rings is 1. The molecule has 0 aliphatic heterocycles. The minimum absolute atomic E-state index is 0.145. The van der Waals surface area contributed by atoms with Gasteiger partial charge in [0.1, 0.15) is 5.75 Å². The Bertz CT molecular complexity index is 318. The van der Waals surface area contributed by atoms with Crippen LogP contribution < -0.4 is 10.1 Å². The molecule has 2 unspecified atom stereocenters. The summed E-state index contributed by atoms with van der Waals surface area (Å²) in [6, 6.07) is 3.94. The van der Waals surface area contributed by atoms with E-state index in [0.717, 1.165) is 17.9 Å². The molecule has 0 aliphatic carbocycles. The molecule has 0 bridgehead atoms. The highest BCUT2D eigenvalue weighted by Crippen LogP contribution is 2.25. The van der Waals surface area contributed by atoms with Crippen LogP contribution in [0.3, 0.4) is 0 Å². The van der Waals surface area contributed by atoms with E-state index in [-0.39, 0.29) is 12.1 Å². The Balaban J connectivity index is 2.85. The first kappa shape index (κ1) is 12.9. The minimum Gasteiger partial charge on any atom is -0.495 e. The maximum Gasteiger partial charge on any atom is 0.141 e. The second kappa shape index (κ2) is 6.45. The molecule has 16 heavy (non-hydrogen) atoms. The van der Waals surface area contributed by atoms with Gasteiger partial charge in [-0.2, -0.15) is 0 Å². The smallest absolute Gasteiger partial charge is 0.141 e. The van der Waals surface area contributed by atoms with Crippen molar-refractivity contribution >= 4 is 0 Å². The number of rotatable bonds is 6. The van der Waals surface area contributed by atoms with Crippen LogP contribution in [0.15, 0.2) is 18.3 Å². The normalized spacial score (nSPS) is 14.5. The van der Waals surface area contributed by atoms with Gasteiger partial charge < -0.3 is 14.8 Å². The van der Waals surface area contributed by atoms with Gasteiger partial charge in [-0.05, 0) is 32.5 Å². The number of methoxy groups -OCH3 is 2. The van der Waals surface area contributed by atoms with E-state index < -0.39 is 0 Å². The maximum absolute atomic E-state index is 5.30. The zero-order valence-corrected chi connectivity index (χ0v) is 10.4. The summed E-state index contributed by atoms with van der Waals surface area (Å²) in [6.45, 7) is 2.04. The molecule has 2 atom stereocenters. The van der Waals surface area contributed by atoms with Gasteiger partial charge in [0.15, 0.2) is 0 Å². The summed E-state index contributed by atoms with van der Waals surface area (Å²) in [5.74, 6) is 0.810. The molecule has 0 radical (unpaired) electrons. The molecule has 90 valence electrons. The van der Waals surface area contributed by atoms with Gasteiger partial charge >= 0.3 is 0 Å². The molecule has 0 fully saturated rings. The summed E-state index contributed by atoms with van der Waals surface area (Å²) in [5, 5.41) is 3.24. The van der Waals surface area contributed by atoms with Gasteiger partial charge in [0.2, 0.25) is 0 Å². The van der Waals surface area contributed by atoms with E-state index in [1.165, 1.54) is 0 Å². The van der Waals surface area contributed by atoms with Crippen LogP contribution in [0.5, 0.6) is 5.75 Å². The number of hydrogen-bond donors (Lipinski definition) is 1. The zero-order chi connectivity index (χ0) is 12.0. The molecular formula is C12H20N2O2. The van der Waals surface area contributed by atoms with Crippen LogP contribution in [0, 0.1) is 0 Å². The van der Waals surface area contributed by atoms with Gasteiger partial charge in [-0.15, -0.1) is 0 Å². The van der Waals surface area contributed by atoms with E-state index in [2.05, 4.69) is 10.3 Å². The number of ether oxygens (including phenoxy) is 2. The van der Waals surface area contributed by atoms with Gasteiger partial charge in [0, 0.05) is 13.3 Å². The average molecular weight is 224 g/mol. The van der Waals surface area contributed by atoms with Crippen LogP contribution >= 0.6 is 0 Å². The predicted molar refractivity (Wildman–Crippen MR) is 63.7 cm³/mol.